The van der Waals surface area contributed by atoms with Gasteiger partial charge in [-0.15, -0.1) is 0 Å². The standard InChI is InChI=1S/C5H5ClN2O2P/c1-10-4-2-8-5(3-7-4)11(6)9/h2-3H,1H3/q+1. The first-order valence-corrected chi connectivity index (χ1v) is 4.89. The molecule has 0 radical (unpaired) electrons. The lowest BCUT2D eigenvalue weighted by atomic mass is 10.7. The molecule has 0 bridgehead atoms. The molecular formula is C5H5ClN2O2P+. The van der Waals surface area contributed by atoms with E-state index >= 15 is 0 Å². The van der Waals surface area contributed by atoms with Gasteiger partial charge < -0.3 is 4.74 Å². The Labute approximate surface area is 69.1 Å². The SMILES string of the molecule is COc1cnc([P+](=O)Cl)cn1. The summed E-state index contributed by atoms with van der Waals surface area (Å²) in [6.45, 7) is 0. The minimum atomic E-state index is -1.92. The molecule has 0 saturated heterocycles. The Morgan fingerprint density at radius 3 is 2.64 bits per heavy atom. The summed E-state index contributed by atoms with van der Waals surface area (Å²) in [5, 5.41) is 0. The molecule has 4 nitrogen and oxygen atoms in total. The maximum absolute atomic E-state index is 10.6. The third-order valence-corrected chi connectivity index (χ3v) is 2.11. The summed E-state index contributed by atoms with van der Waals surface area (Å²) in [7, 11) is -0.443. The molecule has 0 fully saturated rings. The van der Waals surface area contributed by atoms with E-state index in [4.69, 9.17) is 16.0 Å². The van der Waals surface area contributed by atoms with Gasteiger partial charge in [0.25, 0.3) is 0 Å². The van der Waals surface area contributed by atoms with Gasteiger partial charge in [-0.2, -0.15) is 0 Å². The number of hydrogen-bond donors (Lipinski definition) is 0. The fraction of sp³-hybridized carbons (Fsp3) is 0.200. The van der Waals surface area contributed by atoms with E-state index in [1.807, 2.05) is 0 Å². The van der Waals surface area contributed by atoms with Crippen molar-refractivity contribution in [3.63, 3.8) is 0 Å². The zero-order chi connectivity index (χ0) is 8.27. The van der Waals surface area contributed by atoms with Crippen molar-refractivity contribution in [2.45, 2.75) is 0 Å². The monoisotopic (exact) mass is 191 g/mol. The van der Waals surface area contributed by atoms with Crippen LogP contribution in [0.2, 0.25) is 0 Å². The van der Waals surface area contributed by atoms with Gasteiger partial charge in [-0.05, 0) is 4.57 Å². The highest BCUT2D eigenvalue weighted by molar-refractivity contribution is 7.79. The van der Waals surface area contributed by atoms with E-state index in [2.05, 4.69) is 9.97 Å². The molecule has 1 aromatic heterocycles. The highest BCUT2D eigenvalue weighted by Gasteiger charge is 2.18. The third kappa shape index (κ3) is 2.10. The van der Waals surface area contributed by atoms with Crippen molar-refractivity contribution in [3.8, 4) is 5.88 Å². The van der Waals surface area contributed by atoms with Gasteiger partial charge >= 0.3 is 12.6 Å². The molecule has 11 heavy (non-hydrogen) atoms. The first-order chi connectivity index (χ1) is 5.24. The number of rotatable bonds is 2. The van der Waals surface area contributed by atoms with Gasteiger partial charge in [0.1, 0.15) is 6.20 Å². The van der Waals surface area contributed by atoms with E-state index in [-0.39, 0.29) is 5.44 Å². The second kappa shape index (κ2) is 3.60. The largest absolute Gasteiger partial charge is 0.516 e. The van der Waals surface area contributed by atoms with Crippen LogP contribution in [0.4, 0.5) is 0 Å². The fourth-order valence-corrected chi connectivity index (χ4v) is 1.06. The van der Waals surface area contributed by atoms with E-state index in [1.54, 1.807) is 0 Å². The summed E-state index contributed by atoms with van der Waals surface area (Å²) >= 11 is 5.26. The highest BCUT2D eigenvalue weighted by atomic mass is 35.7. The lowest BCUT2D eigenvalue weighted by Gasteiger charge is -1.92. The van der Waals surface area contributed by atoms with Gasteiger partial charge in [0.2, 0.25) is 17.1 Å². The second-order valence-electron chi connectivity index (χ2n) is 1.66. The van der Waals surface area contributed by atoms with E-state index in [0.717, 1.165) is 0 Å². The average Bonchev–Trinajstić information content (AvgIpc) is 2.05. The Bertz CT molecular complexity index is 264. The summed E-state index contributed by atoms with van der Waals surface area (Å²) in [4.78, 5) is 7.51. The van der Waals surface area contributed by atoms with Crippen LogP contribution in [-0.2, 0) is 4.57 Å². The molecule has 1 aromatic rings. The molecule has 0 aliphatic carbocycles. The van der Waals surface area contributed by atoms with Crippen LogP contribution >= 0.6 is 18.4 Å². The first kappa shape index (κ1) is 8.37. The molecule has 0 N–H and O–H groups in total. The number of halogens is 1. The number of aromatic nitrogens is 2. The van der Waals surface area contributed by atoms with Crippen molar-refractivity contribution < 1.29 is 9.30 Å². The first-order valence-electron chi connectivity index (χ1n) is 2.73. The smallest absolute Gasteiger partial charge is 0.480 e. The molecule has 0 aliphatic heterocycles. The van der Waals surface area contributed by atoms with Gasteiger partial charge in [0, 0.05) is 0 Å². The summed E-state index contributed by atoms with van der Waals surface area (Å²) in [5.41, 5.74) is 0.266. The van der Waals surface area contributed by atoms with Gasteiger partial charge in [-0.3, -0.25) is 0 Å². The summed E-state index contributed by atoms with van der Waals surface area (Å²) in [6.07, 6.45) is 2.69. The van der Waals surface area contributed by atoms with E-state index in [1.165, 1.54) is 19.5 Å². The lowest BCUT2D eigenvalue weighted by Crippen LogP contribution is -2.02. The van der Waals surface area contributed by atoms with Crippen LogP contribution in [0.25, 0.3) is 0 Å². The predicted octanol–water partition coefficient (Wildman–Crippen LogP) is 1.09. The number of ether oxygens (including phenoxy) is 1. The normalized spacial score (nSPS) is 10.9. The fourth-order valence-electron chi connectivity index (χ4n) is 0.506. The molecule has 0 aromatic carbocycles. The molecule has 0 saturated carbocycles. The van der Waals surface area contributed by atoms with Crippen LogP contribution in [-0.4, -0.2) is 17.1 Å². The van der Waals surface area contributed by atoms with Crippen LogP contribution in [0.5, 0.6) is 5.88 Å². The molecule has 0 spiro atoms. The Morgan fingerprint density at radius 2 is 2.27 bits per heavy atom. The Morgan fingerprint density at radius 1 is 1.55 bits per heavy atom. The Hall–Kier alpha value is -0.730. The Balaban J connectivity index is 2.91. The van der Waals surface area contributed by atoms with Crippen LogP contribution in [0.15, 0.2) is 12.4 Å². The van der Waals surface area contributed by atoms with Crippen LogP contribution in [0.1, 0.15) is 0 Å². The maximum atomic E-state index is 10.6. The molecule has 1 rings (SSSR count). The summed E-state index contributed by atoms with van der Waals surface area (Å²) in [6, 6.07) is 0. The predicted molar refractivity (Wildman–Crippen MR) is 41.7 cm³/mol. The van der Waals surface area contributed by atoms with E-state index < -0.39 is 7.15 Å². The lowest BCUT2D eigenvalue weighted by molar-refractivity contribution is 0.396. The average molecular weight is 192 g/mol. The van der Waals surface area contributed by atoms with E-state index in [0.29, 0.717) is 5.88 Å². The Kier molecular flexibility index (Phi) is 2.74. The van der Waals surface area contributed by atoms with Crippen molar-refractivity contribution in [1.82, 2.24) is 9.97 Å². The van der Waals surface area contributed by atoms with Gasteiger partial charge in [-0.25, -0.2) is 9.97 Å². The summed E-state index contributed by atoms with van der Waals surface area (Å²) in [5.74, 6) is 0.377. The van der Waals surface area contributed by atoms with Crippen molar-refractivity contribution in [1.29, 1.82) is 0 Å². The molecule has 58 valence electrons. The highest BCUT2D eigenvalue weighted by Crippen LogP contribution is 2.23. The molecule has 1 unspecified atom stereocenters. The molecule has 1 heterocycles. The number of methoxy groups -OCH3 is 1. The molecule has 6 heteroatoms. The maximum Gasteiger partial charge on any atom is 0.516 e. The van der Waals surface area contributed by atoms with Gasteiger partial charge in [0.05, 0.1) is 13.3 Å². The zero-order valence-corrected chi connectivity index (χ0v) is 7.34. The van der Waals surface area contributed by atoms with Gasteiger partial charge in [0.15, 0.2) is 0 Å². The topological polar surface area (TPSA) is 52.1 Å². The van der Waals surface area contributed by atoms with Crippen LogP contribution in [0.3, 0.4) is 0 Å². The molecular weight excluding hydrogens is 186 g/mol. The van der Waals surface area contributed by atoms with Crippen LogP contribution < -0.4 is 10.2 Å². The van der Waals surface area contributed by atoms with Crippen molar-refractivity contribution in [3.05, 3.63) is 12.4 Å². The third-order valence-electron chi connectivity index (χ3n) is 1.00. The van der Waals surface area contributed by atoms with Crippen molar-refractivity contribution in [2.24, 2.45) is 0 Å². The molecule has 0 aliphatic rings. The zero-order valence-electron chi connectivity index (χ0n) is 5.69. The van der Waals surface area contributed by atoms with Crippen molar-refractivity contribution in [2.75, 3.05) is 7.11 Å². The number of nitrogens with zero attached hydrogens (tertiary/aromatic N) is 2. The second-order valence-corrected chi connectivity index (χ2v) is 3.53. The molecule has 0 amide bonds. The van der Waals surface area contributed by atoms with Crippen molar-refractivity contribution >= 4 is 23.8 Å². The quantitative estimate of drug-likeness (QED) is 0.657. The minimum Gasteiger partial charge on any atom is -0.480 e. The summed E-state index contributed by atoms with van der Waals surface area (Å²) < 4.78 is 15.4. The van der Waals surface area contributed by atoms with Crippen LogP contribution in [0, 0.1) is 0 Å². The number of hydrogen-bond acceptors (Lipinski definition) is 4. The van der Waals surface area contributed by atoms with Gasteiger partial charge in [-0.1, -0.05) is 0 Å². The van der Waals surface area contributed by atoms with E-state index in [9.17, 15) is 4.57 Å². The minimum absolute atomic E-state index is 0.266. The molecule has 1 atom stereocenters.